The Kier molecular flexibility index (Phi) is 40.5. The minimum atomic E-state index is -1.90. The number of likely N-dealkylation sites (tertiary alicyclic amines) is 1. The first-order valence-electron chi connectivity index (χ1n) is 41.7. The zero-order valence-corrected chi connectivity index (χ0v) is 71.2. The number of fused-ring (bicyclic) bond motifs is 3. The molecule has 5 fully saturated rings. The number of carboxylic acids is 2. The third kappa shape index (κ3) is 30.8. The molecule has 682 valence electrons. The van der Waals surface area contributed by atoms with Crippen LogP contribution in [0.5, 0.6) is 0 Å². The van der Waals surface area contributed by atoms with Gasteiger partial charge in [-0.25, -0.2) is 4.79 Å². The van der Waals surface area contributed by atoms with Gasteiger partial charge in [0.1, 0.15) is 84.6 Å². The molecule has 2 aromatic rings. The second-order valence-corrected chi connectivity index (χ2v) is 33.9. The number of nitrogens with one attached hydrogen (secondary N) is 15. The van der Waals surface area contributed by atoms with E-state index in [0.717, 1.165) is 31.4 Å². The molecule has 124 heavy (non-hydrogen) atoms. The van der Waals surface area contributed by atoms with Crippen molar-refractivity contribution in [2.75, 3.05) is 77.0 Å². The predicted molar refractivity (Wildman–Crippen MR) is 453 cm³/mol. The third-order valence-electron chi connectivity index (χ3n) is 21.5. The van der Waals surface area contributed by atoms with Crippen LogP contribution in [-0.4, -0.2) is 309 Å². The van der Waals surface area contributed by atoms with E-state index in [1.165, 1.54) is 9.80 Å². The van der Waals surface area contributed by atoms with E-state index in [1.54, 1.807) is 74.5 Å². The number of hydrogen-bond donors (Lipinski definition) is 22. The van der Waals surface area contributed by atoms with Gasteiger partial charge in [-0.15, -0.1) is 0 Å². The molecule has 0 unspecified atom stereocenters. The van der Waals surface area contributed by atoms with E-state index in [9.17, 15) is 68.1 Å². The molecule has 0 saturated carbocycles. The smallest absolute Gasteiger partial charge is 0.326 e. The summed E-state index contributed by atoms with van der Waals surface area (Å²) >= 11 is 0. The van der Waals surface area contributed by atoms with Gasteiger partial charge in [0, 0.05) is 63.6 Å². The molecule has 7 rings (SSSR count). The first-order chi connectivity index (χ1) is 59.2. The van der Waals surface area contributed by atoms with E-state index in [4.69, 9.17) is 33.8 Å². The quantitative estimate of drug-likeness (QED) is 0.0145. The normalized spacial score (nSPS) is 24.0. The van der Waals surface area contributed by atoms with Crippen molar-refractivity contribution in [1.29, 1.82) is 10.8 Å². The Labute approximate surface area is 725 Å². The van der Waals surface area contributed by atoms with Crippen molar-refractivity contribution in [3.05, 3.63) is 71.8 Å². The summed E-state index contributed by atoms with van der Waals surface area (Å²) in [5.74, 6) is -18.7. The van der Waals surface area contributed by atoms with Crippen LogP contribution < -0.4 is 92.1 Å². The highest BCUT2D eigenvalue weighted by molar-refractivity contribution is 8.76. The Balaban J connectivity index is 1.32. The van der Waals surface area contributed by atoms with Crippen LogP contribution >= 0.6 is 21.6 Å². The number of carbonyl (C=O) groups excluding carboxylic acids is 15. The van der Waals surface area contributed by atoms with Crippen LogP contribution in [0.3, 0.4) is 0 Å². The van der Waals surface area contributed by atoms with Crippen LogP contribution in [0.2, 0.25) is 0 Å². The molecular formula is C79H119N23O20S2. The van der Waals surface area contributed by atoms with Crippen LogP contribution in [0.4, 0.5) is 0 Å². The second-order valence-electron chi connectivity index (χ2n) is 31.4. The maximum atomic E-state index is 15.5. The molecule has 0 radical (unpaired) electrons. The van der Waals surface area contributed by atoms with Crippen molar-refractivity contribution in [1.82, 2.24) is 88.7 Å². The van der Waals surface area contributed by atoms with Gasteiger partial charge in [0.05, 0.1) is 26.1 Å². The van der Waals surface area contributed by atoms with E-state index < -0.39 is 241 Å². The van der Waals surface area contributed by atoms with Gasteiger partial charge >= 0.3 is 11.9 Å². The lowest BCUT2D eigenvalue weighted by molar-refractivity contribution is -0.148. The van der Waals surface area contributed by atoms with E-state index in [-0.39, 0.29) is 142 Å². The Morgan fingerprint density at radius 2 is 1.09 bits per heavy atom. The van der Waals surface area contributed by atoms with E-state index in [1.807, 2.05) is 0 Å². The number of carboxylic acid groups (broad SMARTS) is 2. The molecule has 0 bridgehead atoms. The number of guanidine groups is 2. The lowest BCUT2D eigenvalue weighted by atomic mass is 10.0. The number of nitrogens with zero attached hydrogens (tertiary/aromatic N) is 4. The fraction of sp³-hybridized carbons (Fsp3) is 0.608. The molecule has 15 amide bonds. The highest BCUT2D eigenvalue weighted by Gasteiger charge is 2.47. The second kappa shape index (κ2) is 50.3. The average Bonchev–Trinajstić information content (AvgIpc) is 1.65. The molecular weight excluding hydrogens is 1660 g/mol. The van der Waals surface area contributed by atoms with Gasteiger partial charge in [-0.3, -0.25) is 87.5 Å². The molecule has 5 saturated heterocycles. The summed E-state index contributed by atoms with van der Waals surface area (Å²) in [6, 6.07) is -4.40. The molecule has 5 aliphatic heterocycles. The third-order valence-corrected chi connectivity index (χ3v) is 24.0. The number of aliphatic carboxylic acids is 2. The number of nitrogens with two attached hydrogens (primary N) is 4. The summed E-state index contributed by atoms with van der Waals surface area (Å²) in [6.07, 6.45) is 0.0305. The minimum absolute atomic E-state index is 0.00705. The maximum absolute atomic E-state index is 15.5. The van der Waals surface area contributed by atoms with Gasteiger partial charge in [0.25, 0.3) is 0 Å². The molecule has 0 spiro atoms. The predicted octanol–water partition coefficient (Wildman–Crippen LogP) is -5.99. The summed E-state index contributed by atoms with van der Waals surface area (Å²) in [6.45, 7) is 1.21. The minimum Gasteiger partial charge on any atom is -0.481 e. The van der Waals surface area contributed by atoms with Crippen LogP contribution in [0.1, 0.15) is 134 Å². The fourth-order valence-electron chi connectivity index (χ4n) is 15.3. The highest BCUT2D eigenvalue weighted by atomic mass is 33.1. The molecule has 0 aliphatic carbocycles. The molecule has 14 atom stereocenters. The van der Waals surface area contributed by atoms with Crippen LogP contribution in [0.15, 0.2) is 60.7 Å². The van der Waals surface area contributed by atoms with E-state index in [2.05, 4.69) is 69.1 Å². The van der Waals surface area contributed by atoms with Crippen molar-refractivity contribution in [2.45, 2.75) is 220 Å². The number of amides is 15. The lowest BCUT2D eigenvalue weighted by Gasteiger charge is -2.33. The SMILES string of the molecule is CC(C)C[C@@H]1NC(=O)[C@@H]2CCCN2C(=O)[C@H](CO)NC(=O)[C@H](Cc2ccccc2)NC(=O)CNC(=O)[C@@H]2CCCN2C(=O)[C@@H]2CCCN2C(=O)[C@H](CCCNC(=N)N)NC(=O)[C@H](CCCCN)NC(=O)[C@@H](NC(=O)[C@H](CCCNC(=N)N)NC(=O)CN)CSSC[C@@H](C(=O)N[C@@H](Cc2ccccc2)C(=O)N2CCC[C@H]2C(=O)N[C@@H](CC(=O)O)C(=O)O)NC1=O. The van der Waals surface area contributed by atoms with Crippen LogP contribution in [-0.2, 0) is 94.3 Å². The van der Waals surface area contributed by atoms with E-state index in [0.29, 0.717) is 30.4 Å². The van der Waals surface area contributed by atoms with Crippen molar-refractivity contribution < 1.29 is 96.8 Å². The molecule has 5 heterocycles. The number of unbranched alkanes of at least 4 members (excludes halogenated alkanes) is 1. The summed E-state index contributed by atoms with van der Waals surface area (Å²) in [7, 11) is 1.67. The molecule has 2 aromatic carbocycles. The Hall–Kier alpha value is -11.5. The van der Waals surface area contributed by atoms with Crippen molar-refractivity contribution in [3.8, 4) is 0 Å². The largest absolute Gasteiger partial charge is 0.481 e. The molecule has 26 N–H and O–H groups in total. The van der Waals surface area contributed by atoms with Crippen molar-refractivity contribution in [3.63, 3.8) is 0 Å². The Morgan fingerprint density at radius 3 is 1.70 bits per heavy atom. The van der Waals surface area contributed by atoms with Gasteiger partial charge < -0.3 is 127 Å². The van der Waals surface area contributed by atoms with Gasteiger partial charge in [-0.2, -0.15) is 0 Å². The number of carbonyl (C=O) groups is 17. The first kappa shape index (κ1) is 99.7. The number of aliphatic hydroxyl groups excluding tert-OH is 1. The van der Waals surface area contributed by atoms with Gasteiger partial charge in [0.2, 0.25) is 88.6 Å². The summed E-state index contributed by atoms with van der Waals surface area (Å²) in [5, 5.41) is 79.8. The van der Waals surface area contributed by atoms with Crippen molar-refractivity contribution >= 4 is 134 Å². The summed E-state index contributed by atoms with van der Waals surface area (Å²) in [4.78, 5) is 249. The highest BCUT2D eigenvalue weighted by Crippen LogP contribution is 2.29. The molecule has 45 heteroatoms. The van der Waals surface area contributed by atoms with Gasteiger partial charge in [0.15, 0.2) is 11.9 Å². The summed E-state index contributed by atoms with van der Waals surface area (Å²) in [5.41, 5.74) is 23.8. The summed E-state index contributed by atoms with van der Waals surface area (Å²) < 4.78 is 0. The number of rotatable bonds is 31. The van der Waals surface area contributed by atoms with Gasteiger partial charge in [-0.05, 0) is 126 Å². The monoisotopic (exact) mass is 1770 g/mol. The van der Waals surface area contributed by atoms with Crippen LogP contribution in [0, 0.1) is 16.7 Å². The molecule has 43 nitrogen and oxygen atoms in total. The van der Waals surface area contributed by atoms with Crippen LogP contribution in [0.25, 0.3) is 0 Å². The average molecular weight is 1780 g/mol. The van der Waals surface area contributed by atoms with Gasteiger partial charge in [-0.1, -0.05) is 96.1 Å². The van der Waals surface area contributed by atoms with Crippen molar-refractivity contribution in [2.24, 2.45) is 28.9 Å². The zero-order chi connectivity index (χ0) is 90.7. The first-order valence-corrected chi connectivity index (χ1v) is 44.2. The zero-order valence-electron chi connectivity index (χ0n) is 69.6. The standard InChI is InChI=1S/C79H119N23O20S2/c1-44(2)35-50-66(110)98-56(69(113)94-52(37-46-19-7-4-8-20-46)74(118)99-31-14-26-59(99)72(116)95-53(77(121)122)38-63(106)107)43-124-123-42-55(97-64(108)47(89-61(104)39-81)22-11-29-86-78(82)83)68(112)91-48(21-9-10-28-80)65(109)92-49(23-12-30-87-79(84)85)73(117)102-34-16-27-60(102)76(120)101-33-13-24-57(101)70(114)88-40-62(105)90-51(36-45-17-5-3-6-18-45)67(111)96-54(41-103)75(119)100-32-15-25-58(100)71(115)93-50/h3-8,17-20,44,47-60,103H,9-16,21-43,80-81H2,1-2H3,(H,88,114)(H,89,104)(H,90,105)(H,91,112)(H,92,109)(H,93,115)(H,94,113)(H,95,116)(H,96,111)(H,97,108)(H,98,110)(H,106,107)(H,121,122)(H4,82,83,86)(H4,84,85,87)/t47-,48-,49-,50-,51-,52-,53-,54-,55-,56-,57-,58-,59-,60-/m0/s1. The Morgan fingerprint density at radius 1 is 0.548 bits per heavy atom. The number of hydrogen-bond acceptors (Lipinski definition) is 24. The molecule has 0 aromatic heterocycles. The number of benzene rings is 2. The number of aliphatic hydroxyl groups is 1. The fourth-order valence-corrected chi connectivity index (χ4v) is 17.6. The topological polar surface area (TPSA) is 672 Å². The lowest BCUT2D eigenvalue weighted by Crippen LogP contribution is -2.61. The molecule has 5 aliphatic rings. The maximum Gasteiger partial charge on any atom is 0.326 e. The van der Waals surface area contributed by atoms with E-state index >= 15 is 28.8 Å². The Bertz CT molecular complexity index is 4100.